The maximum absolute atomic E-state index is 13.8. The lowest BCUT2D eigenvalue weighted by atomic mass is 10.1. The molecule has 26 heavy (non-hydrogen) atoms. The molecule has 1 aromatic heterocycles. The topological polar surface area (TPSA) is 76.9 Å². The van der Waals surface area contributed by atoms with Crippen LogP contribution in [0.15, 0.2) is 17.0 Å². The number of benzene rings is 1. The minimum atomic E-state index is -4.20. The van der Waals surface area contributed by atoms with Crippen LogP contribution in [0.4, 0.5) is 23.4 Å². The lowest BCUT2D eigenvalue weighted by Gasteiger charge is -2.12. The van der Waals surface area contributed by atoms with Gasteiger partial charge in [0.2, 0.25) is 0 Å². The van der Waals surface area contributed by atoms with Crippen molar-refractivity contribution in [3.63, 3.8) is 0 Å². The van der Waals surface area contributed by atoms with Gasteiger partial charge in [0.15, 0.2) is 5.69 Å². The molecular formula is C15H11ClF4N4OS. The molecule has 3 rings (SSSR count). The molecule has 0 spiro atoms. The molecule has 138 valence electrons. The molecule has 0 saturated heterocycles. The first-order chi connectivity index (χ1) is 12.0. The number of halogens is 5. The third-order valence-corrected chi connectivity index (χ3v) is 4.95. The Morgan fingerprint density at radius 3 is 2.38 bits per heavy atom. The van der Waals surface area contributed by atoms with Crippen LogP contribution >= 0.6 is 23.4 Å². The zero-order valence-electron chi connectivity index (χ0n) is 13.4. The quantitative estimate of drug-likeness (QED) is 0.595. The molecule has 0 aliphatic carbocycles. The third-order valence-electron chi connectivity index (χ3n) is 3.53. The Morgan fingerprint density at radius 1 is 1.27 bits per heavy atom. The predicted molar refractivity (Wildman–Crippen MR) is 87.6 cm³/mol. The van der Waals surface area contributed by atoms with E-state index in [1.165, 1.54) is 11.8 Å². The van der Waals surface area contributed by atoms with E-state index in [-0.39, 0.29) is 27.5 Å². The van der Waals surface area contributed by atoms with Crippen molar-refractivity contribution < 1.29 is 22.3 Å². The maximum Gasteiger partial charge on any atom is 0.388 e. The van der Waals surface area contributed by atoms with Crippen molar-refractivity contribution >= 4 is 29.2 Å². The fraction of sp³-hybridized carbons (Fsp3) is 0.333. The van der Waals surface area contributed by atoms with Gasteiger partial charge in [0.05, 0.1) is 26.7 Å². The van der Waals surface area contributed by atoms with Gasteiger partial charge >= 0.3 is 12.2 Å². The molecule has 0 radical (unpaired) electrons. The Balaban J connectivity index is 2.22. The number of ether oxygens (including phenoxy) is 1. The van der Waals surface area contributed by atoms with Crippen molar-refractivity contribution in [2.75, 3.05) is 5.73 Å². The lowest BCUT2D eigenvalue weighted by molar-refractivity contribution is -0.369. The van der Waals surface area contributed by atoms with Crippen molar-refractivity contribution in [1.82, 2.24) is 9.78 Å². The molecule has 0 atom stereocenters. The standard InChI is InChI=1S/C15H11ClF4N4OS/c1-6(2)26-12-10(5-21)23-24(13(12)22)11-4-8-7(3-9(11)16)14(17,18)25-15(8,19)20/h3-4,6H,22H2,1-2H3. The van der Waals surface area contributed by atoms with Gasteiger partial charge in [-0.1, -0.05) is 25.4 Å². The summed E-state index contributed by atoms with van der Waals surface area (Å²) in [6, 6.07) is 3.30. The van der Waals surface area contributed by atoms with Crippen LogP contribution in [-0.2, 0) is 17.0 Å². The molecule has 11 heteroatoms. The maximum atomic E-state index is 13.8. The van der Waals surface area contributed by atoms with Crippen LogP contribution in [0.25, 0.3) is 5.69 Å². The van der Waals surface area contributed by atoms with Crippen molar-refractivity contribution in [2.45, 2.75) is 36.2 Å². The molecule has 0 bridgehead atoms. The van der Waals surface area contributed by atoms with Crippen LogP contribution in [0.2, 0.25) is 5.02 Å². The van der Waals surface area contributed by atoms with E-state index in [1.807, 2.05) is 19.9 Å². The van der Waals surface area contributed by atoms with Crippen molar-refractivity contribution in [3.05, 3.63) is 34.0 Å². The first-order valence-corrected chi connectivity index (χ1v) is 8.49. The second kappa shape index (κ2) is 6.04. The molecule has 1 aromatic carbocycles. The fourth-order valence-corrected chi connectivity index (χ4v) is 3.62. The summed E-state index contributed by atoms with van der Waals surface area (Å²) in [6.45, 7) is 3.73. The van der Waals surface area contributed by atoms with Gasteiger partial charge in [0.1, 0.15) is 11.9 Å². The Bertz CT molecular complexity index is 939. The number of alkyl halides is 4. The van der Waals surface area contributed by atoms with E-state index in [2.05, 4.69) is 9.84 Å². The summed E-state index contributed by atoms with van der Waals surface area (Å²) < 4.78 is 59.4. The summed E-state index contributed by atoms with van der Waals surface area (Å²) in [6.07, 6.45) is -8.37. The molecule has 5 nitrogen and oxygen atoms in total. The SMILES string of the molecule is CC(C)Sc1c(C#N)nn(-c2cc3c(cc2Cl)C(F)(F)OC3(F)F)c1N. The second-order valence-corrected chi connectivity index (χ2v) is 7.73. The van der Waals surface area contributed by atoms with Gasteiger partial charge in [-0.3, -0.25) is 0 Å². The Morgan fingerprint density at radius 2 is 1.85 bits per heavy atom. The number of hydrogen-bond donors (Lipinski definition) is 1. The summed E-state index contributed by atoms with van der Waals surface area (Å²) in [5.74, 6) is -0.00362. The van der Waals surface area contributed by atoms with Crippen LogP contribution in [-0.4, -0.2) is 15.0 Å². The highest BCUT2D eigenvalue weighted by Crippen LogP contribution is 2.52. The number of anilines is 1. The van der Waals surface area contributed by atoms with E-state index in [9.17, 15) is 22.8 Å². The highest BCUT2D eigenvalue weighted by atomic mass is 35.5. The molecule has 1 aliphatic heterocycles. The minimum absolute atomic E-state index is 0.00362. The normalized spacial score (nSPS) is 17.3. The van der Waals surface area contributed by atoms with Crippen LogP contribution < -0.4 is 5.73 Å². The summed E-state index contributed by atoms with van der Waals surface area (Å²) in [4.78, 5) is 0.354. The zero-order chi connectivity index (χ0) is 19.4. The van der Waals surface area contributed by atoms with Gasteiger partial charge < -0.3 is 5.73 Å². The molecule has 0 unspecified atom stereocenters. The van der Waals surface area contributed by atoms with Crippen molar-refractivity contribution in [1.29, 1.82) is 5.26 Å². The number of hydrogen-bond acceptors (Lipinski definition) is 5. The number of fused-ring (bicyclic) bond motifs is 1. The van der Waals surface area contributed by atoms with Crippen LogP contribution in [0.5, 0.6) is 0 Å². The van der Waals surface area contributed by atoms with Gasteiger partial charge in [0, 0.05) is 5.25 Å². The average Bonchev–Trinajstić information content (AvgIpc) is 2.90. The van der Waals surface area contributed by atoms with Gasteiger partial charge in [-0.05, 0) is 12.1 Å². The molecule has 1 aliphatic rings. The smallest absolute Gasteiger partial charge is 0.383 e. The molecule has 0 amide bonds. The molecule has 2 N–H and O–H groups in total. The minimum Gasteiger partial charge on any atom is -0.383 e. The van der Waals surface area contributed by atoms with Crippen molar-refractivity contribution in [2.24, 2.45) is 0 Å². The van der Waals surface area contributed by atoms with Gasteiger partial charge in [0.25, 0.3) is 0 Å². The molecule has 0 fully saturated rings. The summed E-state index contributed by atoms with van der Waals surface area (Å²) in [5, 5.41) is 13.0. The van der Waals surface area contributed by atoms with E-state index in [0.29, 0.717) is 11.0 Å². The van der Waals surface area contributed by atoms with E-state index in [4.69, 9.17) is 17.3 Å². The Kier molecular flexibility index (Phi) is 4.37. The number of nitrogens with two attached hydrogens (primary N) is 1. The number of nitrogen functional groups attached to an aromatic ring is 1. The van der Waals surface area contributed by atoms with Crippen molar-refractivity contribution in [3.8, 4) is 11.8 Å². The van der Waals surface area contributed by atoms with Crippen LogP contribution in [0, 0.1) is 11.3 Å². The lowest BCUT2D eigenvalue weighted by Crippen LogP contribution is -2.17. The third kappa shape index (κ3) is 2.90. The average molecular weight is 407 g/mol. The van der Waals surface area contributed by atoms with E-state index in [0.717, 1.165) is 10.7 Å². The summed E-state index contributed by atoms with van der Waals surface area (Å²) in [7, 11) is 0. The summed E-state index contributed by atoms with van der Waals surface area (Å²) >= 11 is 7.26. The molecular weight excluding hydrogens is 396 g/mol. The number of nitrogens with zero attached hydrogens (tertiary/aromatic N) is 3. The monoisotopic (exact) mass is 406 g/mol. The largest absolute Gasteiger partial charge is 0.388 e. The zero-order valence-corrected chi connectivity index (χ0v) is 14.9. The second-order valence-electron chi connectivity index (χ2n) is 5.74. The Hall–Kier alpha value is -1.96. The van der Waals surface area contributed by atoms with Crippen LogP contribution in [0.1, 0.15) is 30.7 Å². The fourth-order valence-electron chi connectivity index (χ4n) is 2.50. The summed E-state index contributed by atoms with van der Waals surface area (Å²) in [5.41, 5.74) is 3.76. The van der Waals surface area contributed by atoms with E-state index in [1.54, 1.807) is 0 Å². The highest BCUT2D eigenvalue weighted by Gasteiger charge is 2.57. The number of aromatic nitrogens is 2. The molecule has 2 heterocycles. The molecule has 0 saturated carbocycles. The highest BCUT2D eigenvalue weighted by molar-refractivity contribution is 8.00. The van der Waals surface area contributed by atoms with E-state index >= 15 is 0 Å². The first kappa shape index (κ1) is 18.8. The number of nitriles is 1. The van der Waals surface area contributed by atoms with Gasteiger partial charge in [-0.25, -0.2) is 9.42 Å². The van der Waals surface area contributed by atoms with Gasteiger partial charge in [-0.2, -0.15) is 27.9 Å². The first-order valence-electron chi connectivity index (χ1n) is 7.24. The number of rotatable bonds is 3. The predicted octanol–water partition coefficient (Wildman–Crippen LogP) is 4.61. The Labute approximate surface area is 154 Å². The van der Waals surface area contributed by atoms with Crippen LogP contribution in [0.3, 0.4) is 0 Å². The molecule has 2 aromatic rings. The van der Waals surface area contributed by atoms with Gasteiger partial charge in [-0.15, -0.1) is 11.8 Å². The number of thioether (sulfide) groups is 1. The van der Waals surface area contributed by atoms with E-state index < -0.39 is 23.3 Å².